The van der Waals surface area contributed by atoms with Crippen molar-refractivity contribution in [2.45, 2.75) is 131 Å². The van der Waals surface area contributed by atoms with Gasteiger partial charge in [-0.25, -0.2) is 0 Å². The molecule has 0 atom stereocenters. The molecule has 0 aliphatic carbocycles. The molecule has 6 rings (SSSR count). The van der Waals surface area contributed by atoms with Crippen LogP contribution in [-0.4, -0.2) is 19.4 Å². The van der Waals surface area contributed by atoms with Gasteiger partial charge in [0.25, 0.3) is 0 Å². The van der Waals surface area contributed by atoms with E-state index in [1.165, 1.54) is 99.3 Å². The molecule has 60 heavy (non-hydrogen) atoms. The van der Waals surface area contributed by atoms with Gasteiger partial charge in [0, 0.05) is 12.8 Å². The number of aryl methyl sites for hydroxylation is 2. The van der Waals surface area contributed by atoms with Gasteiger partial charge in [0.2, 0.25) is 11.8 Å². The van der Waals surface area contributed by atoms with E-state index in [0.717, 1.165) is 12.8 Å². The first-order valence-corrected chi connectivity index (χ1v) is 27.9. The van der Waals surface area contributed by atoms with Crippen molar-refractivity contribution >= 4 is 57.9 Å². The summed E-state index contributed by atoms with van der Waals surface area (Å²) in [6.07, 6.45) is 8.14. The molecular weight excluding hydrogens is 858 g/mol. The molecule has 4 nitrogen and oxygen atoms in total. The van der Waals surface area contributed by atoms with Crippen LogP contribution in [0.15, 0.2) is 109 Å². The number of rotatable bonds is 12. The molecule has 317 valence electrons. The van der Waals surface area contributed by atoms with Crippen molar-refractivity contribution in [3.8, 4) is 22.3 Å². The van der Waals surface area contributed by atoms with E-state index in [4.69, 9.17) is 17.0 Å². The van der Waals surface area contributed by atoms with Gasteiger partial charge in [-0.15, -0.1) is 69.1 Å². The zero-order valence-corrected chi connectivity index (χ0v) is 41.7. The number of carbonyl (C=O) groups excluding carboxylic acids is 2. The number of hydrogen-bond donors (Lipinski definition) is 2. The van der Waals surface area contributed by atoms with Gasteiger partial charge in [-0.3, -0.25) is 9.59 Å². The van der Waals surface area contributed by atoms with Crippen LogP contribution in [0.4, 0.5) is 0 Å². The van der Waals surface area contributed by atoms with Gasteiger partial charge >= 0.3 is 45.4 Å². The molecule has 6 aromatic rings. The fourth-order valence-electron chi connectivity index (χ4n) is 6.94. The number of fused-ring (bicyclic) bond motifs is 2. The van der Waals surface area contributed by atoms with Crippen molar-refractivity contribution in [2.75, 3.05) is 0 Å². The van der Waals surface area contributed by atoms with E-state index in [-0.39, 0.29) is 22.6 Å². The third-order valence-electron chi connectivity index (χ3n) is 10.6. The monoisotopic (exact) mass is 921 g/mol. The van der Waals surface area contributed by atoms with Crippen molar-refractivity contribution in [1.82, 2.24) is 10.5 Å². The first-order valence-electron chi connectivity index (χ1n) is 21.6. The van der Waals surface area contributed by atoms with Crippen LogP contribution in [-0.2, 0) is 54.1 Å². The first-order chi connectivity index (χ1) is 28.6. The Morgan fingerprint density at radius 2 is 0.917 bits per heavy atom. The summed E-state index contributed by atoms with van der Waals surface area (Å²) in [5, 5.41) is 10.3. The quantitative estimate of drug-likeness (QED) is 0.0949. The van der Waals surface area contributed by atoms with Gasteiger partial charge in [-0.2, -0.15) is 12.1 Å². The molecule has 0 heterocycles. The molecular formula is C52H66BCl2N2O2Zr. The topological polar surface area (TPSA) is 58.2 Å². The predicted octanol–water partition coefficient (Wildman–Crippen LogP) is 14.7. The Kier molecular flexibility index (Phi) is 21.6. The zero-order valence-electron chi connectivity index (χ0n) is 37.7. The zero-order chi connectivity index (χ0) is 44.3. The Morgan fingerprint density at radius 3 is 1.25 bits per heavy atom. The first kappa shape index (κ1) is 50.9. The third kappa shape index (κ3) is 15.5. The van der Waals surface area contributed by atoms with E-state index in [1.54, 1.807) is 13.8 Å². The van der Waals surface area contributed by atoms with Crippen LogP contribution in [0, 0.1) is 0 Å². The standard InChI is InChI=1S/2C23H27.C6H12BN2O2.2ClH.Zr/c2*1-5-6-10-17-11-7-8-13-20(17)21-14-9-12-18-15-19(16-22(18)21)23(2,3)4;1-3-5(10)8-7-9-6(11)4-2;;;/h2*7-9,11-16H,5-6,10H2,1-4H3;3-4H2,1-2H3,(H,8,10)(H,9,11);2*1H;/q2*-1;;;;+4/p-2. The van der Waals surface area contributed by atoms with Crippen LogP contribution in [0.2, 0.25) is 0 Å². The number of hydrogen-bond acceptors (Lipinski definition) is 2. The van der Waals surface area contributed by atoms with E-state index in [9.17, 15) is 9.59 Å². The van der Waals surface area contributed by atoms with Gasteiger partial charge in [-0.1, -0.05) is 154 Å². The molecule has 0 saturated heterocycles. The van der Waals surface area contributed by atoms with Crippen LogP contribution in [0.3, 0.4) is 0 Å². The second kappa shape index (κ2) is 25.5. The fourth-order valence-corrected chi connectivity index (χ4v) is 6.94. The molecule has 0 aliphatic rings. The molecule has 2 amide bonds. The van der Waals surface area contributed by atoms with Gasteiger partial charge < -0.3 is 10.5 Å². The summed E-state index contributed by atoms with van der Waals surface area (Å²) < 4.78 is 0. The van der Waals surface area contributed by atoms with Crippen LogP contribution in [0.1, 0.15) is 130 Å². The minimum absolute atomic E-state index is 0.110. The Morgan fingerprint density at radius 1 is 0.567 bits per heavy atom. The minimum atomic E-state index is -0.826. The number of unbranched alkanes of at least 4 members (excludes halogenated alkanes) is 2. The molecule has 0 unspecified atom stereocenters. The summed E-state index contributed by atoms with van der Waals surface area (Å²) in [4.78, 5) is 21.2. The third-order valence-corrected chi connectivity index (χ3v) is 10.6. The Bertz CT molecular complexity index is 2070. The van der Waals surface area contributed by atoms with Gasteiger partial charge in [-0.05, 0) is 58.8 Å². The maximum absolute atomic E-state index is 10.6. The molecule has 6 aromatic carbocycles. The van der Waals surface area contributed by atoms with Gasteiger partial charge in [0.05, 0.1) is 0 Å². The number of nitrogens with one attached hydrogen (secondary N) is 2. The molecule has 1 radical (unpaired) electrons. The molecule has 8 heteroatoms. The van der Waals surface area contributed by atoms with Gasteiger partial charge in [0.15, 0.2) is 0 Å². The summed E-state index contributed by atoms with van der Waals surface area (Å²) in [5.74, 6) is -0.220. The van der Waals surface area contributed by atoms with Crippen LogP contribution < -0.4 is 10.5 Å². The summed E-state index contributed by atoms with van der Waals surface area (Å²) in [5.41, 5.74) is 11.7. The molecule has 0 aromatic heterocycles. The number of carbonyl (C=O) groups is 2. The summed E-state index contributed by atoms with van der Waals surface area (Å²) in [6, 6.07) is 40.7. The molecule has 0 bridgehead atoms. The second-order valence-electron chi connectivity index (χ2n) is 17.2. The SMILES string of the molecule is CCC(=O)N[B]NC(=O)CC.CCCCc1ccccc1-c1cccc2[cH-]c(C(C)(C)C)cc12.CCCCc1ccccc1-c1cccc2[cH-]c(C(C)(C)C)cc12.[Cl][Zr+2][Cl]. The summed E-state index contributed by atoms with van der Waals surface area (Å²) >= 11 is -0.826. The maximum atomic E-state index is 10.6. The average molecular weight is 924 g/mol. The molecule has 2 N–H and O–H groups in total. The van der Waals surface area contributed by atoms with Crippen molar-refractivity contribution in [3.63, 3.8) is 0 Å². The normalized spacial score (nSPS) is 10.9. The number of halogens is 2. The average Bonchev–Trinajstić information content (AvgIpc) is 3.89. The van der Waals surface area contributed by atoms with E-state index in [0.29, 0.717) is 12.8 Å². The van der Waals surface area contributed by atoms with Gasteiger partial charge in [0.1, 0.15) is 0 Å². The van der Waals surface area contributed by atoms with Crippen molar-refractivity contribution in [3.05, 3.63) is 131 Å². The molecule has 0 aliphatic heterocycles. The summed E-state index contributed by atoms with van der Waals surface area (Å²) in [7, 11) is 11.1. The van der Waals surface area contributed by atoms with E-state index >= 15 is 0 Å². The van der Waals surface area contributed by atoms with E-state index < -0.39 is 20.8 Å². The van der Waals surface area contributed by atoms with Crippen molar-refractivity contribution in [1.29, 1.82) is 0 Å². The van der Waals surface area contributed by atoms with Crippen LogP contribution in [0.25, 0.3) is 43.8 Å². The second-order valence-corrected chi connectivity index (χ2v) is 20.9. The van der Waals surface area contributed by atoms with Crippen molar-refractivity contribution in [2.24, 2.45) is 0 Å². The van der Waals surface area contributed by atoms with E-state index in [1.807, 2.05) is 0 Å². The number of benzene rings is 4. The molecule has 0 spiro atoms. The predicted molar refractivity (Wildman–Crippen MR) is 259 cm³/mol. The summed E-state index contributed by atoms with van der Waals surface area (Å²) in [6.45, 7) is 21.7. The molecule has 0 fully saturated rings. The van der Waals surface area contributed by atoms with Crippen LogP contribution >= 0.6 is 17.0 Å². The Balaban J connectivity index is 0.000000247. The van der Waals surface area contributed by atoms with E-state index in [2.05, 4.69) is 175 Å². The molecule has 0 saturated carbocycles. The number of amides is 2. The Hall–Kier alpha value is -3.43. The Labute approximate surface area is 381 Å². The fraction of sp³-hybridized carbons (Fsp3) is 0.385. The van der Waals surface area contributed by atoms with Crippen molar-refractivity contribution < 1.29 is 30.4 Å². The van der Waals surface area contributed by atoms with Crippen LogP contribution in [0.5, 0.6) is 0 Å².